The van der Waals surface area contributed by atoms with Gasteiger partial charge in [0.05, 0.1) is 19.8 Å². The Hall–Kier alpha value is -2.50. The van der Waals surface area contributed by atoms with Crippen molar-refractivity contribution >= 4 is 17.4 Å². The maximum Gasteiger partial charge on any atom is 0.277 e. The first kappa shape index (κ1) is 18.3. The Morgan fingerprint density at radius 3 is 2.23 bits per heavy atom. The normalized spacial score (nSPS) is 17.7. The van der Waals surface area contributed by atoms with Gasteiger partial charge in [-0.2, -0.15) is 0 Å². The molecule has 0 bridgehead atoms. The van der Waals surface area contributed by atoms with E-state index in [1.54, 1.807) is 26.4 Å². The molecule has 0 atom stereocenters. The molecule has 2 heterocycles. The van der Waals surface area contributed by atoms with Crippen molar-refractivity contribution in [1.82, 2.24) is 9.80 Å². The second-order valence-electron chi connectivity index (χ2n) is 7.10. The summed E-state index contributed by atoms with van der Waals surface area (Å²) < 4.78 is 10.7. The molecule has 6 heteroatoms. The van der Waals surface area contributed by atoms with Gasteiger partial charge in [0.1, 0.15) is 5.70 Å². The van der Waals surface area contributed by atoms with Gasteiger partial charge in [-0.25, -0.2) is 0 Å². The molecule has 0 aromatic heterocycles. The Labute approximate surface area is 154 Å². The van der Waals surface area contributed by atoms with Crippen molar-refractivity contribution in [2.24, 2.45) is 5.92 Å². The molecule has 2 aliphatic rings. The van der Waals surface area contributed by atoms with Crippen LogP contribution in [0, 0.1) is 5.92 Å². The lowest BCUT2D eigenvalue weighted by molar-refractivity contribution is -0.138. The second-order valence-corrected chi connectivity index (χ2v) is 7.10. The average Bonchev–Trinajstić information content (AvgIpc) is 3.23. The summed E-state index contributed by atoms with van der Waals surface area (Å²) in [6, 6.07) is 5.36. The van der Waals surface area contributed by atoms with Crippen LogP contribution in [0.25, 0.3) is 5.57 Å². The summed E-state index contributed by atoms with van der Waals surface area (Å²) in [6.07, 6.45) is 2.07. The number of nitrogens with zero attached hydrogens (tertiary/aromatic N) is 2. The zero-order valence-corrected chi connectivity index (χ0v) is 15.9. The highest BCUT2D eigenvalue weighted by molar-refractivity contribution is 6.35. The van der Waals surface area contributed by atoms with E-state index < -0.39 is 0 Å². The number of likely N-dealkylation sites (tertiary alicyclic amines) is 1. The van der Waals surface area contributed by atoms with E-state index in [-0.39, 0.29) is 17.7 Å². The number of methoxy groups -OCH3 is 2. The Morgan fingerprint density at radius 1 is 1.00 bits per heavy atom. The van der Waals surface area contributed by atoms with Crippen LogP contribution < -0.4 is 9.47 Å². The molecule has 0 unspecified atom stereocenters. The molecule has 3 rings (SSSR count). The van der Waals surface area contributed by atoms with Crippen LogP contribution in [0.4, 0.5) is 0 Å². The van der Waals surface area contributed by atoms with Crippen molar-refractivity contribution in [2.45, 2.75) is 26.7 Å². The Bertz CT molecular complexity index is 748. The molecule has 0 radical (unpaired) electrons. The molecular formula is C20H26N2O4. The summed E-state index contributed by atoms with van der Waals surface area (Å²) in [5, 5.41) is 0. The third-order valence-corrected chi connectivity index (χ3v) is 4.79. The van der Waals surface area contributed by atoms with Crippen LogP contribution in [0.2, 0.25) is 0 Å². The molecule has 1 fully saturated rings. The molecule has 0 aliphatic carbocycles. The largest absolute Gasteiger partial charge is 0.493 e. The van der Waals surface area contributed by atoms with Gasteiger partial charge in [0, 0.05) is 19.6 Å². The minimum atomic E-state index is -0.224. The van der Waals surface area contributed by atoms with Gasteiger partial charge in [-0.15, -0.1) is 0 Å². The zero-order valence-electron chi connectivity index (χ0n) is 15.9. The first-order valence-corrected chi connectivity index (χ1v) is 9.05. The minimum absolute atomic E-state index is 0.185. The Kier molecular flexibility index (Phi) is 5.20. The molecule has 1 aromatic carbocycles. The van der Waals surface area contributed by atoms with Gasteiger partial charge in [0.15, 0.2) is 11.5 Å². The summed E-state index contributed by atoms with van der Waals surface area (Å²) in [7, 11) is 3.13. The fourth-order valence-corrected chi connectivity index (χ4v) is 3.58. The average molecular weight is 358 g/mol. The molecule has 0 spiro atoms. The third kappa shape index (κ3) is 3.16. The van der Waals surface area contributed by atoms with Gasteiger partial charge in [-0.05, 0) is 36.5 Å². The quantitative estimate of drug-likeness (QED) is 0.732. The number of imide groups is 1. The number of carbonyl (C=O) groups excluding carboxylic acids is 2. The predicted octanol–water partition coefficient (Wildman–Crippen LogP) is 2.54. The summed E-state index contributed by atoms with van der Waals surface area (Å²) in [5.41, 5.74) is 1.69. The lowest BCUT2D eigenvalue weighted by Gasteiger charge is -2.21. The van der Waals surface area contributed by atoms with Crippen LogP contribution in [0.1, 0.15) is 32.3 Å². The number of amides is 2. The van der Waals surface area contributed by atoms with Gasteiger partial charge in [0.2, 0.25) is 0 Å². The van der Waals surface area contributed by atoms with Crippen molar-refractivity contribution in [3.63, 3.8) is 0 Å². The third-order valence-electron chi connectivity index (χ3n) is 4.79. The first-order valence-electron chi connectivity index (χ1n) is 9.05. The highest BCUT2D eigenvalue weighted by Gasteiger charge is 2.42. The van der Waals surface area contributed by atoms with Crippen LogP contribution in [0.5, 0.6) is 11.5 Å². The molecule has 2 amide bonds. The maximum absolute atomic E-state index is 13.1. The molecule has 2 aliphatic heterocycles. The van der Waals surface area contributed by atoms with Crippen molar-refractivity contribution in [1.29, 1.82) is 0 Å². The van der Waals surface area contributed by atoms with Crippen LogP contribution in [-0.4, -0.2) is 55.5 Å². The van der Waals surface area contributed by atoms with E-state index in [0.29, 0.717) is 34.9 Å². The fourth-order valence-electron chi connectivity index (χ4n) is 3.58. The highest BCUT2D eigenvalue weighted by atomic mass is 16.5. The number of hydrogen-bond donors (Lipinski definition) is 0. The van der Waals surface area contributed by atoms with E-state index >= 15 is 0 Å². The Balaban J connectivity index is 2.09. The van der Waals surface area contributed by atoms with Gasteiger partial charge in [-0.1, -0.05) is 19.9 Å². The number of carbonyl (C=O) groups is 2. The van der Waals surface area contributed by atoms with Crippen LogP contribution in [-0.2, 0) is 9.59 Å². The monoisotopic (exact) mass is 358 g/mol. The fraction of sp³-hybridized carbons (Fsp3) is 0.500. The summed E-state index contributed by atoms with van der Waals surface area (Å²) in [6.45, 7) is 6.04. The minimum Gasteiger partial charge on any atom is -0.493 e. The van der Waals surface area contributed by atoms with Gasteiger partial charge in [0.25, 0.3) is 11.8 Å². The smallest absolute Gasteiger partial charge is 0.277 e. The molecule has 0 saturated carbocycles. The number of benzene rings is 1. The van der Waals surface area contributed by atoms with Crippen molar-refractivity contribution in [3.05, 3.63) is 29.5 Å². The van der Waals surface area contributed by atoms with E-state index in [1.165, 1.54) is 4.90 Å². The molecule has 0 N–H and O–H groups in total. The SMILES string of the molecule is COc1ccc(C2=C(N3CCCC3)C(=O)N(CC(C)C)C2=O)cc1OC. The summed E-state index contributed by atoms with van der Waals surface area (Å²) in [5.74, 6) is 0.942. The van der Waals surface area contributed by atoms with Gasteiger partial charge < -0.3 is 14.4 Å². The summed E-state index contributed by atoms with van der Waals surface area (Å²) in [4.78, 5) is 29.6. The van der Waals surface area contributed by atoms with E-state index in [0.717, 1.165) is 25.9 Å². The molecule has 1 aromatic rings. The molecule has 140 valence electrons. The molecule has 6 nitrogen and oxygen atoms in total. The van der Waals surface area contributed by atoms with E-state index in [1.807, 2.05) is 24.8 Å². The molecule has 1 saturated heterocycles. The van der Waals surface area contributed by atoms with Crippen LogP contribution in [0.3, 0.4) is 0 Å². The second kappa shape index (κ2) is 7.40. The molecule has 26 heavy (non-hydrogen) atoms. The van der Waals surface area contributed by atoms with Gasteiger partial charge in [-0.3, -0.25) is 14.5 Å². The van der Waals surface area contributed by atoms with Gasteiger partial charge >= 0.3 is 0 Å². The van der Waals surface area contributed by atoms with Crippen molar-refractivity contribution in [3.8, 4) is 11.5 Å². The number of rotatable bonds is 6. The lowest BCUT2D eigenvalue weighted by Crippen LogP contribution is -2.37. The van der Waals surface area contributed by atoms with Crippen LogP contribution in [0.15, 0.2) is 23.9 Å². The topological polar surface area (TPSA) is 59.1 Å². The molecular weight excluding hydrogens is 332 g/mol. The number of hydrogen-bond acceptors (Lipinski definition) is 5. The van der Waals surface area contributed by atoms with E-state index in [4.69, 9.17) is 9.47 Å². The predicted molar refractivity (Wildman–Crippen MR) is 98.8 cm³/mol. The zero-order chi connectivity index (χ0) is 18.8. The maximum atomic E-state index is 13.1. The first-order chi connectivity index (χ1) is 12.5. The van der Waals surface area contributed by atoms with Crippen molar-refractivity contribution in [2.75, 3.05) is 33.9 Å². The van der Waals surface area contributed by atoms with E-state index in [2.05, 4.69) is 0 Å². The highest BCUT2D eigenvalue weighted by Crippen LogP contribution is 2.37. The lowest BCUT2D eigenvalue weighted by atomic mass is 10.0. The van der Waals surface area contributed by atoms with Crippen LogP contribution >= 0.6 is 0 Å². The number of ether oxygens (including phenoxy) is 2. The van der Waals surface area contributed by atoms with Crippen molar-refractivity contribution < 1.29 is 19.1 Å². The standard InChI is InChI=1S/C20H26N2O4/c1-13(2)12-22-19(23)17(18(20(22)24)21-9-5-6-10-21)14-7-8-15(25-3)16(11-14)26-4/h7-8,11,13H,5-6,9-10,12H2,1-4H3. The summed E-state index contributed by atoms with van der Waals surface area (Å²) >= 11 is 0. The van der Waals surface area contributed by atoms with E-state index in [9.17, 15) is 9.59 Å². The Morgan fingerprint density at radius 2 is 1.65 bits per heavy atom.